The Balaban J connectivity index is 1.88. The number of sulfonamides is 1. The Morgan fingerprint density at radius 2 is 2.04 bits per heavy atom. The van der Waals surface area contributed by atoms with Gasteiger partial charge in [0, 0.05) is 38.8 Å². The predicted octanol–water partition coefficient (Wildman–Crippen LogP) is 1.04. The van der Waals surface area contributed by atoms with Crippen molar-refractivity contribution in [3.8, 4) is 0 Å². The Labute approximate surface area is 159 Å². The smallest absolute Gasteiger partial charge is 0.208 e. The number of hydrogen-bond donors (Lipinski definition) is 3. The van der Waals surface area contributed by atoms with Crippen LogP contribution >= 0.6 is 0 Å². The van der Waals surface area contributed by atoms with Crippen LogP contribution in [0.15, 0.2) is 23.2 Å². The molecular weight excluding hydrogens is 376 g/mol. The van der Waals surface area contributed by atoms with Crippen LogP contribution in [0.2, 0.25) is 0 Å². The molecule has 3 N–H and O–H groups in total. The van der Waals surface area contributed by atoms with Crippen molar-refractivity contribution in [1.82, 2.24) is 15.4 Å². The van der Waals surface area contributed by atoms with Gasteiger partial charge in [-0.15, -0.1) is 0 Å². The van der Waals surface area contributed by atoms with Gasteiger partial charge in [-0.3, -0.25) is 4.99 Å². The number of para-hydroxylation sites is 1. The van der Waals surface area contributed by atoms with Gasteiger partial charge in [-0.25, -0.2) is 21.9 Å². The van der Waals surface area contributed by atoms with Crippen molar-refractivity contribution in [2.24, 2.45) is 4.99 Å². The first-order chi connectivity index (χ1) is 12.8. The van der Waals surface area contributed by atoms with E-state index in [1.807, 2.05) is 6.92 Å². The zero-order valence-corrected chi connectivity index (χ0v) is 16.5. The third-order valence-electron chi connectivity index (χ3n) is 4.10. The molecule has 7 nitrogen and oxygen atoms in total. The second-order valence-electron chi connectivity index (χ2n) is 6.43. The Morgan fingerprint density at radius 3 is 2.67 bits per heavy atom. The molecule has 2 rings (SSSR count). The number of aliphatic imine (C=N–C) groups is 1. The molecule has 0 aromatic heterocycles. The molecule has 152 valence electrons. The van der Waals surface area contributed by atoms with Gasteiger partial charge in [0.2, 0.25) is 10.0 Å². The van der Waals surface area contributed by atoms with Crippen molar-refractivity contribution in [2.75, 3.05) is 43.9 Å². The minimum Gasteiger partial charge on any atom is -0.365 e. The molecule has 0 bridgehead atoms. The topological polar surface area (TPSA) is 85.8 Å². The molecule has 1 unspecified atom stereocenters. The van der Waals surface area contributed by atoms with Crippen LogP contribution in [0.5, 0.6) is 0 Å². The fraction of sp³-hybridized carbons (Fsp3) is 0.588. The summed E-state index contributed by atoms with van der Waals surface area (Å²) in [5.74, 6) is -0.512. The average Bonchev–Trinajstić information content (AvgIpc) is 3.01. The van der Waals surface area contributed by atoms with Crippen molar-refractivity contribution in [2.45, 2.75) is 25.8 Å². The third-order valence-corrected chi connectivity index (χ3v) is 4.82. The maximum absolute atomic E-state index is 13.9. The molecule has 1 saturated heterocycles. The minimum atomic E-state index is -3.19. The van der Waals surface area contributed by atoms with E-state index in [1.165, 1.54) is 18.2 Å². The Morgan fingerprint density at radius 1 is 1.33 bits per heavy atom. The average molecular weight is 403 g/mol. The van der Waals surface area contributed by atoms with E-state index in [9.17, 15) is 17.2 Å². The second kappa shape index (κ2) is 9.84. The van der Waals surface area contributed by atoms with Gasteiger partial charge in [0.1, 0.15) is 17.3 Å². The van der Waals surface area contributed by atoms with Gasteiger partial charge >= 0.3 is 0 Å². The van der Waals surface area contributed by atoms with Gasteiger partial charge in [-0.2, -0.15) is 0 Å². The van der Waals surface area contributed by atoms with Crippen molar-refractivity contribution < 1.29 is 17.2 Å². The molecule has 27 heavy (non-hydrogen) atoms. The lowest BCUT2D eigenvalue weighted by Crippen LogP contribution is -2.44. The zero-order valence-electron chi connectivity index (χ0n) is 15.6. The summed E-state index contributed by atoms with van der Waals surface area (Å²) < 4.78 is 52.4. The van der Waals surface area contributed by atoms with Gasteiger partial charge < -0.3 is 15.5 Å². The number of nitrogens with one attached hydrogen (secondary N) is 3. The lowest BCUT2D eigenvalue weighted by Gasteiger charge is -2.21. The second-order valence-corrected chi connectivity index (χ2v) is 8.26. The normalized spacial score (nSPS) is 18.0. The molecule has 1 aromatic carbocycles. The molecule has 1 aliphatic rings. The first-order valence-corrected chi connectivity index (χ1v) is 10.9. The number of anilines is 1. The zero-order chi connectivity index (χ0) is 19.9. The van der Waals surface area contributed by atoms with E-state index in [-0.39, 0.29) is 11.7 Å². The number of hydrogen-bond acceptors (Lipinski definition) is 4. The van der Waals surface area contributed by atoms with Gasteiger partial charge in [-0.1, -0.05) is 6.07 Å². The molecular formula is C17H27F2N5O2S. The largest absolute Gasteiger partial charge is 0.365 e. The van der Waals surface area contributed by atoms with Crippen LogP contribution in [0.1, 0.15) is 19.8 Å². The molecule has 0 radical (unpaired) electrons. The van der Waals surface area contributed by atoms with Crippen LogP contribution in [-0.2, 0) is 10.0 Å². The van der Waals surface area contributed by atoms with Crippen molar-refractivity contribution >= 4 is 21.7 Å². The summed E-state index contributed by atoms with van der Waals surface area (Å²) in [6.45, 7) is 4.41. The summed E-state index contributed by atoms with van der Waals surface area (Å²) in [7, 11) is -3.19. The van der Waals surface area contributed by atoms with Crippen molar-refractivity contribution in [3.63, 3.8) is 0 Å². The van der Waals surface area contributed by atoms with E-state index in [1.54, 1.807) is 4.90 Å². The van der Waals surface area contributed by atoms with Crippen LogP contribution in [0.25, 0.3) is 0 Å². The highest BCUT2D eigenvalue weighted by Gasteiger charge is 2.27. The van der Waals surface area contributed by atoms with E-state index in [2.05, 4.69) is 20.3 Å². The number of guanidine groups is 1. The fourth-order valence-electron chi connectivity index (χ4n) is 2.91. The Bertz CT molecular complexity index is 737. The molecule has 10 heteroatoms. The van der Waals surface area contributed by atoms with Gasteiger partial charge in [0.15, 0.2) is 5.96 Å². The Kier molecular flexibility index (Phi) is 7.78. The first-order valence-electron chi connectivity index (χ1n) is 8.98. The lowest BCUT2D eigenvalue weighted by molar-refractivity contribution is 0.576. The van der Waals surface area contributed by atoms with Crippen LogP contribution in [0, 0.1) is 11.6 Å². The minimum absolute atomic E-state index is 0.00980. The van der Waals surface area contributed by atoms with Crippen LogP contribution in [0.4, 0.5) is 14.5 Å². The molecule has 0 aliphatic carbocycles. The fourth-order valence-corrected chi connectivity index (χ4v) is 3.43. The first kappa shape index (κ1) is 21.4. The Hall–Kier alpha value is -1.94. The van der Waals surface area contributed by atoms with Gasteiger partial charge in [-0.05, 0) is 31.9 Å². The summed E-state index contributed by atoms with van der Waals surface area (Å²) in [5, 5.41) is 6.40. The van der Waals surface area contributed by atoms with E-state index in [0.29, 0.717) is 45.1 Å². The SMILES string of the molecule is CCNC(=NCCCNS(C)(=O)=O)NC1CCN(c2c(F)cccc2F)C1. The molecule has 1 atom stereocenters. The number of rotatable bonds is 8. The maximum Gasteiger partial charge on any atom is 0.208 e. The lowest BCUT2D eigenvalue weighted by atomic mass is 10.2. The van der Waals surface area contributed by atoms with Crippen LogP contribution in [-0.4, -0.2) is 59.4 Å². The third kappa shape index (κ3) is 6.94. The van der Waals surface area contributed by atoms with Crippen LogP contribution in [0.3, 0.4) is 0 Å². The van der Waals surface area contributed by atoms with Crippen molar-refractivity contribution in [1.29, 1.82) is 0 Å². The predicted molar refractivity (Wildman–Crippen MR) is 104 cm³/mol. The summed E-state index contributed by atoms with van der Waals surface area (Å²) in [4.78, 5) is 6.12. The molecule has 0 saturated carbocycles. The summed E-state index contributed by atoms with van der Waals surface area (Å²) >= 11 is 0. The quantitative estimate of drug-likeness (QED) is 0.343. The van der Waals surface area contributed by atoms with Gasteiger partial charge in [0.05, 0.1) is 6.26 Å². The van der Waals surface area contributed by atoms with E-state index < -0.39 is 21.7 Å². The molecule has 1 aromatic rings. The monoisotopic (exact) mass is 403 g/mol. The van der Waals surface area contributed by atoms with Crippen molar-refractivity contribution in [3.05, 3.63) is 29.8 Å². The van der Waals surface area contributed by atoms with E-state index in [0.717, 1.165) is 12.7 Å². The standard InChI is InChI=1S/C17H27F2N5O2S/c1-3-20-17(21-9-5-10-22-27(2,25)26)23-13-8-11-24(12-13)16-14(18)6-4-7-15(16)19/h4,6-7,13,22H,3,5,8-12H2,1-2H3,(H2,20,21,23). The molecule has 1 aliphatic heterocycles. The summed E-state index contributed by atoms with van der Waals surface area (Å²) in [6.07, 6.45) is 2.42. The highest BCUT2D eigenvalue weighted by atomic mass is 32.2. The van der Waals surface area contributed by atoms with Gasteiger partial charge in [0.25, 0.3) is 0 Å². The number of halogens is 2. The molecule has 1 heterocycles. The number of benzene rings is 1. The molecule has 0 spiro atoms. The summed E-state index contributed by atoms with van der Waals surface area (Å²) in [6, 6.07) is 3.88. The highest BCUT2D eigenvalue weighted by Crippen LogP contribution is 2.26. The number of nitrogens with zero attached hydrogens (tertiary/aromatic N) is 2. The molecule has 1 fully saturated rings. The summed E-state index contributed by atoms with van der Waals surface area (Å²) in [5.41, 5.74) is 0.00980. The molecule has 0 amide bonds. The maximum atomic E-state index is 13.9. The van der Waals surface area contributed by atoms with E-state index >= 15 is 0 Å². The van der Waals surface area contributed by atoms with Crippen LogP contribution < -0.4 is 20.3 Å². The highest BCUT2D eigenvalue weighted by molar-refractivity contribution is 7.88. The van der Waals surface area contributed by atoms with E-state index in [4.69, 9.17) is 0 Å².